The second-order valence-corrected chi connectivity index (χ2v) is 5.50. The lowest BCUT2D eigenvalue weighted by Gasteiger charge is -2.16. The summed E-state index contributed by atoms with van der Waals surface area (Å²) in [7, 11) is 1.61. The number of guanidine groups is 1. The van der Waals surface area contributed by atoms with Gasteiger partial charge in [0.1, 0.15) is 5.75 Å². The number of ether oxygens (including phenoxy) is 2. The van der Waals surface area contributed by atoms with E-state index in [0.717, 1.165) is 6.42 Å². The minimum atomic E-state index is -2.97. The zero-order chi connectivity index (χ0) is 17.9. The zero-order valence-corrected chi connectivity index (χ0v) is 15.1. The van der Waals surface area contributed by atoms with Gasteiger partial charge >= 0.3 is 6.61 Å². The van der Waals surface area contributed by atoms with Crippen LogP contribution in [0.2, 0.25) is 10.0 Å². The molecule has 0 unspecified atom stereocenters. The van der Waals surface area contributed by atoms with Crippen LogP contribution < -0.4 is 15.4 Å². The quantitative estimate of drug-likeness (QED) is 0.388. The molecule has 5 nitrogen and oxygen atoms in total. The summed E-state index contributed by atoms with van der Waals surface area (Å²) in [6.07, 6.45) is 0.817. The van der Waals surface area contributed by atoms with Gasteiger partial charge in [0.05, 0.1) is 5.02 Å². The van der Waals surface area contributed by atoms with Crippen molar-refractivity contribution in [3.63, 3.8) is 0 Å². The van der Waals surface area contributed by atoms with E-state index in [0.29, 0.717) is 36.3 Å². The van der Waals surface area contributed by atoms with Crippen molar-refractivity contribution in [1.82, 2.24) is 10.6 Å². The van der Waals surface area contributed by atoms with Crippen LogP contribution in [0, 0.1) is 0 Å². The molecule has 9 heteroatoms. The fourth-order valence-electron chi connectivity index (χ4n) is 1.89. The molecule has 0 spiro atoms. The number of halogens is 4. The molecule has 24 heavy (non-hydrogen) atoms. The third-order valence-corrected chi connectivity index (χ3v) is 3.42. The van der Waals surface area contributed by atoms with E-state index in [1.54, 1.807) is 7.05 Å². The topological polar surface area (TPSA) is 54.9 Å². The third kappa shape index (κ3) is 7.51. The van der Waals surface area contributed by atoms with Gasteiger partial charge in [-0.15, -0.1) is 0 Å². The maximum absolute atomic E-state index is 12.5. The van der Waals surface area contributed by atoms with Crippen LogP contribution in [-0.4, -0.2) is 39.4 Å². The molecular formula is C15H21Cl2F2N3O2. The SMILES string of the molecule is CCOCCCNC(=NC)NCc1cc(Cl)cc(Cl)c1OC(F)F. The van der Waals surface area contributed by atoms with Gasteiger partial charge in [0.2, 0.25) is 0 Å². The van der Waals surface area contributed by atoms with Crippen LogP contribution >= 0.6 is 23.2 Å². The maximum Gasteiger partial charge on any atom is 0.387 e. The largest absolute Gasteiger partial charge is 0.433 e. The van der Waals surface area contributed by atoms with Gasteiger partial charge in [-0.2, -0.15) is 8.78 Å². The molecule has 0 aliphatic carbocycles. The summed E-state index contributed by atoms with van der Waals surface area (Å²) < 4.78 is 34.8. The molecule has 136 valence electrons. The fraction of sp³-hybridized carbons (Fsp3) is 0.533. The number of hydrogen-bond acceptors (Lipinski definition) is 3. The van der Waals surface area contributed by atoms with E-state index in [-0.39, 0.29) is 17.3 Å². The molecule has 1 rings (SSSR count). The van der Waals surface area contributed by atoms with Gasteiger partial charge in [0, 0.05) is 43.9 Å². The third-order valence-electron chi connectivity index (χ3n) is 2.92. The van der Waals surface area contributed by atoms with Gasteiger partial charge in [0.15, 0.2) is 5.96 Å². The zero-order valence-electron chi connectivity index (χ0n) is 13.5. The van der Waals surface area contributed by atoms with E-state index < -0.39 is 6.61 Å². The van der Waals surface area contributed by atoms with E-state index in [2.05, 4.69) is 20.4 Å². The van der Waals surface area contributed by atoms with E-state index >= 15 is 0 Å². The van der Waals surface area contributed by atoms with Gasteiger partial charge in [-0.05, 0) is 25.5 Å². The highest BCUT2D eigenvalue weighted by atomic mass is 35.5. The number of nitrogens with zero attached hydrogens (tertiary/aromatic N) is 1. The van der Waals surface area contributed by atoms with Crippen molar-refractivity contribution >= 4 is 29.2 Å². The Morgan fingerprint density at radius 2 is 2.04 bits per heavy atom. The second-order valence-electron chi connectivity index (χ2n) is 4.66. The molecule has 0 saturated heterocycles. The van der Waals surface area contributed by atoms with Crippen LogP contribution in [0.1, 0.15) is 18.9 Å². The summed E-state index contributed by atoms with van der Waals surface area (Å²) in [6.45, 7) is 1.12. The van der Waals surface area contributed by atoms with Crippen LogP contribution in [-0.2, 0) is 11.3 Å². The molecule has 0 aromatic heterocycles. The average molecular weight is 384 g/mol. The Morgan fingerprint density at radius 1 is 1.29 bits per heavy atom. The number of hydrogen-bond donors (Lipinski definition) is 2. The van der Waals surface area contributed by atoms with Crippen molar-refractivity contribution in [3.8, 4) is 5.75 Å². The number of benzene rings is 1. The summed E-state index contributed by atoms with van der Waals surface area (Å²) in [5.41, 5.74) is 0.407. The summed E-state index contributed by atoms with van der Waals surface area (Å²) in [5.74, 6) is 0.418. The highest BCUT2D eigenvalue weighted by Crippen LogP contribution is 2.33. The normalized spacial score (nSPS) is 11.7. The van der Waals surface area contributed by atoms with Gasteiger partial charge in [-0.25, -0.2) is 0 Å². The van der Waals surface area contributed by atoms with Gasteiger partial charge < -0.3 is 20.1 Å². The van der Waals surface area contributed by atoms with Crippen LogP contribution in [0.15, 0.2) is 17.1 Å². The van der Waals surface area contributed by atoms with E-state index in [9.17, 15) is 8.78 Å². The van der Waals surface area contributed by atoms with Crippen LogP contribution in [0.4, 0.5) is 8.78 Å². The number of alkyl halides is 2. The Bertz CT molecular complexity index is 546. The molecule has 1 aromatic carbocycles. The van der Waals surface area contributed by atoms with E-state index in [1.165, 1.54) is 12.1 Å². The van der Waals surface area contributed by atoms with Crippen molar-refractivity contribution in [3.05, 3.63) is 27.7 Å². The summed E-state index contributed by atoms with van der Waals surface area (Å²) in [4.78, 5) is 4.06. The lowest BCUT2D eigenvalue weighted by atomic mass is 10.2. The lowest BCUT2D eigenvalue weighted by molar-refractivity contribution is -0.0504. The molecule has 0 aliphatic rings. The van der Waals surface area contributed by atoms with E-state index in [1.807, 2.05) is 6.92 Å². The molecule has 2 N–H and O–H groups in total. The summed E-state index contributed by atoms with van der Waals surface area (Å²) in [6, 6.07) is 2.87. The van der Waals surface area contributed by atoms with Gasteiger partial charge in [0.25, 0.3) is 0 Å². The number of rotatable bonds is 9. The first-order chi connectivity index (χ1) is 11.5. The van der Waals surface area contributed by atoms with Crippen molar-refractivity contribution in [2.75, 3.05) is 26.8 Å². The molecule has 1 aromatic rings. The van der Waals surface area contributed by atoms with Crippen LogP contribution in [0.25, 0.3) is 0 Å². The average Bonchev–Trinajstić information content (AvgIpc) is 2.52. The van der Waals surface area contributed by atoms with Crippen LogP contribution in [0.3, 0.4) is 0 Å². The van der Waals surface area contributed by atoms with Crippen LogP contribution in [0.5, 0.6) is 5.75 Å². The molecule has 0 radical (unpaired) electrons. The standard InChI is InChI=1S/C15H21Cl2F2N3O2/c1-3-23-6-4-5-21-15(20-2)22-9-10-7-11(16)8-12(17)13(10)24-14(18)19/h7-8,14H,3-6,9H2,1-2H3,(H2,20,21,22). The Kier molecular flexibility index (Phi) is 9.75. The monoisotopic (exact) mass is 383 g/mol. The maximum atomic E-state index is 12.5. The van der Waals surface area contributed by atoms with Crippen molar-refractivity contribution in [2.24, 2.45) is 4.99 Å². The predicted octanol–water partition coefficient (Wildman–Crippen LogP) is 3.69. The molecule has 0 bridgehead atoms. The lowest BCUT2D eigenvalue weighted by Crippen LogP contribution is -2.37. The highest BCUT2D eigenvalue weighted by Gasteiger charge is 2.15. The number of nitrogens with one attached hydrogen (secondary N) is 2. The molecule has 0 amide bonds. The molecule has 0 saturated carbocycles. The van der Waals surface area contributed by atoms with Gasteiger partial charge in [-0.1, -0.05) is 23.2 Å². The fourth-order valence-corrected chi connectivity index (χ4v) is 2.47. The molecular weight excluding hydrogens is 363 g/mol. The smallest absolute Gasteiger partial charge is 0.387 e. The highest BCUT2D eigenvalue weighted by molar-refractivity contribution is 6.35. The van der Waals surface area contributed by atoms with Crippen molar-refractivity contribution in [1.29, 1.82) is 0 Å². The molecule has 0 aliphatic heterocycles. The van der Waals surface area contributed by atoms with Crippen molar-refractivity contribution < 1.29 is 18.3 Å². The second kappa shape index (κ2) is 11.3. The minimum absolute atomic E-state index is 0.0271. The Labute approximate surface area is 150 Å². The Morgan fingerprint density at radius 3 is 2.67 bits per heavy atom. The first kappa shape index (κ1) is 20.7. The summed E-state index contributed by atoms with van der Waals surface area (Å²) >= 11 is 11.9. The first-order valence-corrected chi connectivity index (χ1v) is 8.18. The Hall–Kier alpha value is -1.31. The molecule has 0 atom stereocenters. The summed E-state index contributed by atoms with van der Waals surface area (Å²) in [5, 5.41) is 6.45. The predicted molar refractivity (Wildman–Crippen MR) is 92.4 cm³/mol. The Balaban J connectivity index is 2.64. The molecule has 0 heterocycles. The minimum Gasteiger partial charge on any atom is -0.433 e. The first-order valence-electron chi connectivity index (χ1n) is 7.42. The van der Waals surface area contributed by atoms with E-state index in [4.69, 9.17) is 27.9 Å². The molecule has 0 fully saturated rings. The van der Waals surface area contributed by atoms with Gasteiger partial charge in [-0.3, -0.25) is 4.99 Å². The van der Waals surface area contributed by atoms with Crippen molar-refractivity contribution in [2.45, 2.75) is 26.5 Å². The number of aliphatic imine (C=N–C) groups is 1.